The highest BCUT2D eigenvalue weighted by Crippen LogP contribution is 2.13. The van der Waals surface area contributed by atoms with E-state index in [-0.39, 0.29) is 5.75 Å². The molecule has 23 heavy (non-hydrogen) atoms. The summed E-state index contributed by atoms with van der Waals surface area (Å²) >= 11 is 0. The lowest BCUT2D eigenvalue weighted by Gasteiger charge is -2.23. The van der Waals surface area contributed by atoms with Crippen molar-refractivity contribution >= 4 is 6.21 Å². The van der Waals surface area contributed by atoms with E-state index in [4.69, 9.17) is 4.74 Å². The number of ether oxygens (including phenoxy) is 1. The van der Waals surface area contributed by atoms with E-state index in [1.54, 1.807) is 17.2 Å². The summed E-state index contributed by atoms with van der Waals surface area (Å²) in [5.74, 6) is 0.264. The Morgan fingerprint density at radius 2 is 1.70 bits per heavy atom. The van der Waals surface area contributed by atoms with Gasteiger partial charge in [0, 0.05) is 17.3 Å². The van der Waals surface area contributed by atoms with Gasteiger partial charge in [0.05, 0.1) is 19.8 Å². The topological polar surface area (TPSA) is 46.3 Å². The SMILES string of the molecule is Oc1ccccc1C=NCc1ccc(C[NH+]2CCOCC2)cc1. The number of aliphatic imine (C=N–C) groups is 1. The summed E-state index contributed by atoms with van der Waals surface area (Å²) in [7, 11) is 0. The Kier molecular flexibility index (Phi) is 5.40. The molecule has 0 spiro atoms. The van der Waals surface area contributed by atoms with Gasteiger partial charge in [-0.1, -0.05) is 36.4 Å². The summed E-state index contributed by atoms with van der Waals surface area (Å²) in [5.41, 5.74) is 3.28. The third-order valence-electron chi connectivity index (χ3n) is 4.12. The standard InChI is InChI=1S/C19H22N2O2/c22-19-4-2-1-3-18(19)14-20-13-16-5-7-17(8-6-16)15-21-9-11-23-12-10-21/h1-8,14,22H,9-13,15H2/p+1. The van der Waals surface area contributed by atoms with E-state index < -0.39 is 0 Å². The summed E-state index contributed by atoms with van der Waals surface area (Å²) in [5, 5.41) is 9.70. The smallest absolute Gasteiger partial charge is 0.124 e. The molecule has 3 rings (SSSR count). The quantitative estimate of drug-likeness (QED) is 0.821. The normalized spacial score (nSPS) is 16.0. The minimum absolute atomic E-state index is 0.264. The Hall–Kier alpha value is -2.17. The maximum Gasteiger partial charge on any atom is 0.124 e. The van der Waals surface area contributed by atoms with Crippen LogP contribution in [0, 0.1) is 0 Å². The molecule has 4 heteroatoms. The summed E-state index contributed by atoms with van der Waals surface area (Å²) in [6.07, 6.45) is 1.72. The molecule has 0 aliphatic carbocycles. The number of quaternary nitrogens is 1. The zero-order valence-corrected chi connectivity index (χ0v) is 13.2. The molecule has 4 nitrogen and oxygen atoms in total. The third kappa shape index (κ3) is 4.65. The Labute approximate surface area is 137 Å². The van der Waals surface area contributed by atoms with Crippen LogP contribution in [0.1, 0.15) is 16.7 Å². The van der Waals surface area contributed by atoms with Gasteiger partial charge in [0.2, 0.25) is 0 Å². The van der Waals surface area contributed by atoms with E-state index in [1.807, 2.05) is 18.2 Å². The van der Waals surface area contributed by atoms with Crippen molar-refractivity contribution in [2.24, 2.45) is 4.99 Å². The van der Waals surface area contributed by atoms with E-state index in [0.717, 1.165) is 38.4 Å². The second kappa shape index (κ2) is 7.90. The van der Waals surface area contributed by atoms with Crippen molar-refractivity contribution in [3.8, 4) is 5.75 Å². The fourth-order valence-electron chi connectivity index (χ4n) is 2.73. The first-order valence-corrected chi connectivity index (χ1v) is 8.08. The number of nitrogens with zero attached hydrogens (tertiary/aromatic N) is 1. The van der Waals surface area contributed by atoms with E-state index in [1.165, 1.54) is 11.1 Å². The van der Waals surface area contributed by atoms with Gasteiger partial charge in [-0.3, -0.25) is 4.99 Å². The number of rotatable bonds is 5. The highest BCUT2D eigenvalue weighted by atomic mass is 16.5. The summed E-state index contributed by atoms with van der Waals surface area (Å²) < 4.78 is 5.39. The summed E-state index contributed by atoms with van der Waals surface area (Å²) in [6.45, 7) is 5.60. The number of hydrogen-bond acceptors (Lipinski definition) is 3. The van der Waals surface area contributed by atoms with Crippen LogP contribution in [0.5, 0.6) is 5.75 Å². The van der Waals surface area contributed by atoms with Crippen LogP contribution in [0.15, 0.2) is 53.5 Å². The van der Waals surface area contributed by atoms with Gasteiger partial charge in [0.15, 0.2) is 0 Å². The summed E-state index contributed by atoms with van der Waals surface area (Å²) in [4.78, 5) is 6.00. The highest BCUT2D eigenvalue weighted by molar-refractivity contribution is 5.83. The van der Waals surface area contributed by atoms with Crippen LogP contribution in [0.25, 0.3) is 0 Å². The van der Waals surface area contributed by atoms with Crippen LogP contribution in [0.4, 0.5) is 0 Å². The van der Waals surface area contributed by atoms with Gasteiger partial charge in [-0.15, -0.1) is 0 Å². The molecule has 0 atom stereocenters. The number of phenolic OH excluding ortho intramolecular Hbond substituents is 1. The molecule has 2 N–H and O–H groups in total. The average Bonchev–Trinajstić information content (AvgIpc) is 2.59. The maximum absolute atomic E-state index is 9.70. The number of phenols is 1. The van der Waals surface area contributed by atoms with Gasteiger partial charge in [-0.2, -0.15) is 0 Å². The van der Waals surface area contributed by atoms with E-state index in [2.05, 4.69) is 29.3 Å². The van der Waals surface area contributed by atoms with Crippen molar-refractivity contribution in [2.45, 2.75) is 13.1 Å². The van der Waals surface area contributed by atoms with Gasteiger partial charge < -0.3 is 14.7 Å². The van der Waals surface area contributed by atoms with Crippen molar-refractivity contribution in [1.82, 2.24) is 0 Å². The lowest BCUT2D eigenvalue weighted by Crippen LogP contribution is -3.12. The van der Waals surface area contributed by atoms with Crippen molar-refractivity contribution in [3.63, 3.8) is 0 Å². The largest absolute Gasteiger partial charge is 0.507 e. The predicted molar refractivity (Wildman–Crippen MR) is 91.1 cm³/mol. The van der Waals surface area contributed by atoms with Gasteiger partial charge in [0.25, 0.3) is 0 Å². The Bertz CT molecular complexity index is 647. The molecule has 2 aromatic carbocycles. The molecule has 1 saturated heterocycles. The van der Waals surface area contributed by atoms with Gasteiger partial charge >= 0.3 is 0 Å². The van der Waals surface area contributed by atoms with Crippen molar-refractivity contribution in [2.75, 3.05) is 26.3 Å². The molecule has 1 aliphatic heterocycles. The molecule has 120 valence electrons. The number of nitrogens with one attached hydrogen (secondary N) is 1. The minimum Gasteiger partial charge on any atom is -0.507 e. The molecule has 1 aliphatic rings. The molecule has 0 bridgehead atoms. The Morgan fingerprint density at radius 3 is 2.43 bits per heavy atom. The van der Waals surface area contributed by atoms with Gasteiger partial charge in [-0.25, -0.2) is 0 Å². The van der Waals surface area contributed by atoms with E-state index in [0.29, 0.717) is 6.54 Å². The summed E-state index contributed by atoms with van der Waals surface area (Å²) in [6, 6.07) is 15.9. The first-order chi connectivity index (χ1) is 11.3. The molecular formula is C19H23N2O2+. The molecule has 0 radical (unpaired) electrons. The van der Waals surface area contributed by atoms with Crippen LogP contribution in [-0.4, -0.2) is 37.6 Å². The number of benzene rings is 2. The Morgan fingerprint density at radius 1 is 1.00 bits per heavy atom. The molecule has 0 saturated carbocycles. The second-order valence-electron chi connectivity index (χ2n) is 5.88. The third-order valence-corrected chi connectivity index (χ3v) is 4.12. The monoisotopic (exact) mass is 311 g/mol. The fraction of sp³-hybridized carbons (Fsp3) is 0.316. The van der Waals surface area contributed by atoms with Crippen LogP contribution in [-0.2, 0) is 17.8 Å². The lowest BCUT2D eigenvalue weighted by molar-refractivity contribution is -0.921. The lowest BCUT2D eigenvalue weighted by atomic mass is 10.1. The van der Waals surface area contributed by atoms with Crippen molar-refractivity contribution < 1.29 is 14.7 Å². The highest BCUT2D eigenvalue weighted by Gasteiger charge is 2.13. The molecule has 0 amide bonds. The van der Waals surface area contributed by atoms with Crippen LogP contribution < -0.4 is 4.90 Å². The van der Waals surface area contributed by atoms with Crippen LogP contribution >= 0.6 is 0 Å². The first kappa shape index (κ1) is 15.7. The maximum atomic E-state index is 9.70. The number of aromatic hydroxyl groups is 1. The Balaban J connectivity index is 1.54. The molecule has 0 unspecified atom stereocenters. The minimum atomic E-state index is 0.264. The van der Waals surface area contributed by atoms with Crippen LogP contribution in [0.2, 0.25) is 0 Å². The number of para-hydroxylation sites is 1. The van der Waals surface area contributed by atoms with Gasteiger partial charge in [0.1, 0.15) is 25.4 Å². The number of morpholine rings is 1. The van der Waals surface area contributed by atoms with E-state index >= 15 is 0 Å². The fourth-order valence-corrected chi connectivity index (χ4v) is 2.73. The molecular weight excluding hydrogens is 288 g/mol. The predicted octanol–water partition coefficient (Wildman–Crippen LogP) is 1.43. The average molecular weight is 311 g/mol. The zero-order chi connectivity index (χ0) is 15.9. The molecule has 2 aromatic rings. The molecule has 1 fully saturated rings. The van der Waals surface area contributed by atoms with E-state index in [9.17, 15) is 5.11 Å². The molecule has 1 heterocycles. The van der Waals surface area contributed by atoms with Crippen molar-refractivity contribution in [1.29, 1.82) is 0 Å². The zero-order valence-electron chi connectivity index (χ0n) is 13.2. The molecule has 0 aromatic heterocycles. The number of hydrogen-bond donors (Lipinski definition) is 2. The van der Waals surface area contributed by atoms with Crippen LogP contribution in [0.3, 0.4) is 0 Å². The first-order valence-electron chi connectivity index (χ1n) is 8.08. The van der Waals surface area contributed by atoms with Crippen molar-refractivity contribution in [3.05, 3.63) is 65.2 Å². The van der Waals surface area contributed by atoms with Gasteiger partial charge in [-0.05, 0) is 17.7 Å². The second-order valence-corrected chi connectivity index (χ2v) is 5.88.